The highest BCUT2D eigenvalue weighted by atomic mass is 35.5. The zero-order chi connectivity index (χ0) is 25.7. The lowest BCUT2D eigenvalue weighted by molar-refractivity contribution is -0.135. The van der Waals surface area contributed by atoms with Gasteiger partial charge < -0.3 is 14.5 Å². The molecule has 0 spiro atoms. The number of hydrogen-bond donors (Lipinski definition) is 0. The van der Waals surface area contributed by atoms with Crippen molar-refractivity contribution < 1.29 is 14.3 Å². The van der Waals surface area contributed by atoms with Crippen LogP contribution in [0.25, 0.3) is 0 Å². The zero-order valence-electron chi connectivity index (χ0n) is 21.1. The number of rotatable bonds is 9. The van der Waals surface area contributed by atoms with Gasteiger partial charge in [-0.2, -0.15) is 0 Å². The van der Waals surface area contributed by atoms with Crippen molar-refractivity contribution in [2.45, 2.75) is 39.7 Å². The van der Waals surface area contributed by atoms with Gasteiger partial charge in [0.15, 0.2) is 0 Å². The Balaban J connectivity index is 1.54. The predicted octanol–water partition coefficient (Wildman–Crippen LogP) is 6.40. The van der Waals surface area contributed by atoms with Crippen LogP contribution in [0.3, 0.4) is 0 Å². The van der Waals surface area contributed by atoms with Crippen molar-refractivity contribution in [3.05, 3.63) is 86.6 Å². The largest absolute Gasteiger partial charge is 0.491 e. The third-order valence-electron chi connectivity index (χ3n) is 6.76. The van der Waals surface area contributed by atoms with Crippen molar-refractivity contribution in [3.63, 3.8) is 0 Å². The van der Waals surface area contributed by atoms with Crippen LogP contribution >= 0.6 is 22.9 Å². The third-order valence-corrected chi connectivity index (χ3v) is 7.99. The molecule has 2 heterocycles. The quantitative estimate of drug-likeness (QED) is 0.325. The van der Waals surface area contributed by atoms with E-state index in [1.165, 1.54) is 10.4 Å². The van der Waals surface area contributed by atoms with Crippen molar-refractivity contribution >= 4 is 34.8 Å². The molecular formula is C29H33ClN2O3S. The maximum Gasteiger partial charge on any atom is 0.254 e. The normalized spacial score (nSPS) is 15.8. The van der Waals surface area contributed by atoms with Gasteiger partial charge in [0.2, 0.25) is 5.91 Å². The average Bonchev–Trinajstić information content (AvgIpc) is 3.36. The summed E-state index contributed by atoms with van der Waals surface area (Å²) in [6.07, 6.45) is 1.73. The van der Waals surface area contributed by atoms with Gasteiger partial charge in [-0.25, -0.2) is 0 Å². The number of hydrogen-bond acceptors (Lipinski definition) is 4. The van der Waals surface area contributed by atoms with Crippen LogP contribution in [-0.2, 0) is 11.2 Å². The molecule has 2 amide bonds. The van der Waals surface area contributed by atoms with E-state index in [0.717, 1.165) is 24.2 Å². The predicted molar refractivity (Wildman–Crippen MR) is 146 cm³/mol. The lowest BCUT2D eigenvalue weighted by atomic mass is 10.00. The van der Waals surface area contributed by atoms with Gasteiger partial charge in [-0.1, -0.05) is 55.6 Å². The van der Waals surface area contributed by atoms with Crippen LogP contribution in [0.1, 0.15) is 52.7 Å². The third kappa shape index (κ3) is 6.29. The van der Waals surface area contributed by atoms with Crippen LogP contribution in [-0.4, -0.2) is 47.9 Å². The molecule has 7 heteroatoms. The molecule has 3 aromatic rings. The Bertz CT molecular complexity index is 1190. The van der Waals surface area contributed by atoms with Gasteiger partial charge in [0.1, 0.15) is 18.9 Å². The number of amides is 2. The number of thiophene rings is 1. The topological polar surface area (TPSA) is 49.9 Å². The van der Waals surface area contributed by atoms with Gasteiger partial charge in [0, 0.05) is 28.6 Å². The molecule has 0 saturated heterocycles. The Morgan fingerprint density at radius 3 is 2.69 bits per heavy atom. The fourth-order valence-corrected chi connectivity index (χ4v) is 5.59. The number of carbonyl (C=O) groups is 2. The van der Waals surface area contributed by atoms with Crippen LogP contribution in [0.4, 0.5) is 0 Å². The van der Waals surface area contributed by atoms with Crippen molar-refractivity contribution in [3.8, 4) is 5.75 Å². The monoisotopic (exact) mass is 524 g/mol. The average molecular weight is 525 g/mol. The molecule has 0 saturated carbocycles. The highest BCUT2D eigenvalue weighted by Gasteiger charge is 2.34. The lowest BCUT2D eigenvalue weighted by Crippen LogP contribution is -2.48. The van der Waals surface area contributed by atoms with Crippen LogP contribution in [0, 0.1) is 12.8 Å². The van der Waals surface area contributed by atoms with Crippen molar-refractivity contribution in [1.82, 2.24) is 9.80 Å². The Labute approximate surface area is 222 Å². The molecule has 0 aliphatic carbocycles. The van der Waals surface area contributed by atoms with E-state index in [1.807, 2.05) is 36.1 Å². The number of nitrogens with zero attached hydrogens (tertiary/aromatic N) is 2. The number of halogens is 1. The summed E-state index contributed by atoms with van der Waals surface area (Å²) >= 11 is 7.87. The van der Waals surface area contributed by atoms with Gasteiger partial charge in [-0.15, -0.1) is 11.3 Å². The first-order valence-electron chi connectivity index (χ1n) is 12.5. The molecule has 5 nitrogen and oxygen atoms in total. The summed E-state index contributed by atoms with van der Waals surface area (Å²) in [4.78, 5) is 32.0. The van der Waals surface area contributed by atoms with E-state index in [9.17, 15) is 9.59 Å². The summed E-state index contributed by atoms with van der Waals surface area (Å²) in [6.45, 7) is 7.74. The highest BCUT2D eigenvalue weighted by molar-refractivity contribution is 7.10. The van der Waals surface area contributed by atoms with E-state index in [4.69, 9.17) is 16.3 Å². The molecule has 1 aliphatic rings. The standard InChI is InChI=1S/C29H33ClN2O3S/c1-4-20(2)17-31(29(34)22-6-5-7-23(30)16-22)18-28(33)32-14-12-27-25(13-15-36-27)26(32)19-35-24-10-8-21(3)9-11-24/h5-11,13,15-16,20,26H,4,12,14,17-19H2,1-3H3/t20-,26+/m1/s1. The van der Waals surface area contributed by atoms with Gasteiger partial charge >= 0.3 is 0 Å². The van der Waals surface area contributed by atoms with Crippen molar-refractivity contribution in [1.29, 1.82) is 0 Å². The summed E-state index contributed by atoms with van der Waals surface area (Å²) in [5.74, 6) is 0.811. The molecule has 1 aromatic heterocycles. The Kier molecular flexibility index (Phi) is 8.70. The second kappa shape index (κ2) is 11.9. The van der Waals surface area contributed by atoms with E-state index >= 15 is 0 Å². The van der Waals surface area contributed by atoms with Crippen LogP contribution < -0.4 is 4.74 Å². The van der Waals surface area contributed by atoms with Gasteiger partial charge in [0.25, 0.3) is 5.91 Å². The Morgan fingerprint density at radius 1 is 1.19 bits per heavy atom. The molecule has 0 bridgehead atoms. The molecule has 190 valence electrons. The fourth-order valence-electron chi connectivity index (χ4n) is 4.47. The maximum atomic E-state index is 13.7. The van der Waals surface area contributed by atoms with E-state index in [-0.39, 0.29) is 30.3 Å². The van der Waals surface area contributed by atoms with E-state index in [1.54, 1.807) is 40.5 Å². The first-order chi connectivity index (χ1) is 17.4. The first-order valence-corrected chi connectivity index (χ1v) is 13.7. The minimum atomic E-state index is -0.194. The fraction of sp³-hybridized carbons (Fsp3) is 0.379. The minimum absolute atomic E-state index is 0.0240. The molecule has 36 heavy (non-hydrogen) atoms. The number of benzene rings is 2. The summed E-state index contributed by atoms with van der Waals surface area (Å²) in [5.41, 5.74) is 2.81. The van der Waals surface area contributed by atoms with E-state index in [2.05, 4.69) is 25.3 Å². The molecule has 1 aliphatic heterocycles. The number of carbonyl (C=O) groups excluding carboxylic acids is 2. The number of ether oxygens (including phenoxy) is 1. The van der Waals surface area contributed by atoms with Crippen LogP contribution in [0.5, 0.6) is 5.75 Å². The van der Waals surface area contributed by atoms with E-state index < -0.39 is 0 Å². The minimum Gasteiger partial charge on any atom is -0.491 e. The molecule has 0 radical (unpaired) electrons. The van der Waals surface area contributed by atoms with Gasteiger partial charge in [-0.3, -0.25) is 9.59 Å². The Hall–Kier alpha value is -2.83. The smallest absolute Gasteiger partial charge is 0.254 e. The summed E-state index contributed by atoms with van der Waals surface area (Å²) in [6, 6.07) is 16.8. The molecule has 0 unspecified atom stereocenters. The number of fused-ring (bicyclic) bond motifs is 1. The van der Waals surface area contributed by atoms with Crippen LogP contribution in [0.15, 0.2) is 60.0 Å². The second-order valence-electron chi connectivity index (χ2n) is 9.49. The van der Waals surface area contributed by atoms with Gasteiger partial charge in [-0.05, 0) is 66.6 Å². The number of aryl methyl sites for hydroxylation is 1. The Morgan fingerprint density at radius 2 is 1.97 bits per heavy atom. The van der Waals surface area contributed by atoms with Crippen LogP contribution in [0.2, 0.25) is 5.02 Å². The summed E-state index contributed by atoms with van der Waals surface area (Å²) in [5, 5.41) is 2.58. The van der Waals surface area contributed by atoms with Crippen molar-refractivity contribution in [2.75, 3.05) is 26.2 Å². The maximum absolute atomic E-state index is 13.7. The second-order valence-corrected chi connectivity index (χ2v) is 10.9. The highest BCUT2D eigenvalue weighted by Crippen LogP contribution is 2.34. The van der Waals surface area contributed by atoms with E-state index in [0.29, 0.717) is 30.3 Å². The zero-order valence-corrected chi connectivity index (χ0v) is 22.6. The molecule has 2 aromatic carbocycles. The molecule has 2 atom stereocenters. The summed E-state index contributed by atoms with van der Waals surface area (Å²) in [7, 11) is 0. The lowest BCUT2D eigenvalue weighted by Gasteiger charge is -2.37. The first kappa shape index (κ1) is 26.2. The molecular weight excluding hydrogens is 492 g/mol. The molecule has 0 N–H and O–H groups in total. The SMILES string of the molecule is CC[C@@H](C)CN(CC(=O)N1CCc2sccc2[C@@H]1COc1ccc(C)cc1)C(=O)c1cccc(Cl)c1. The molecule has 4 rings (SSSR count). The molecule has 0 fully saturated rings. The summed E-state index contributed by atoms with van der Waals surface area (Å²) < 4.78 is 6.14. The van der Waals surface area contributed by atoms with Gasteiger partial charge in [0.05, 0.1) is 6.04 Å². The van der Waals surface area contributed by atoms with Crippen molar-refractivity contribution in [2.24, 2.45) is 5.92 Å².